The van der Waals surface area contributed by atoms with Crippen molar-refractivity contribution in [3.05, 3.63) is 10.6 Å². The van der Waals surface area contributed by atoms with Crippen molar-refractivity contribution in [2.45, 2.75) is 59.7 Å². The molecule has 1 rings (SSSR count). The van der Waals surface area contributed by atoms with Crippen LogP contribution in [0.3, 0.4) is 0 Å². The molecule has 0 aliphatic carbocycles. The molecule has 0 bridgehead atoms. The topological polar surface area (TPSA) is 77.5 Å². The molecule has 6 nitrogen and oxygen atoms in total. The number of thiazole rings is 1. The molecule has 0 aromatic carbocycles. The first-order valence-electron chi connectivity index (χ1n) is 6.58. The monoisotopic (exact) mass is 314 g/mol. The highest BCUT2D eigenvalue weighted by molar-refractivity contribution is 7.16. The molecule has 0 atom stereocenters. The van der Waals surface area contributed by atoms with Gasteiger partial charge < -0.3 is 9.47 Å². The molecular formula is C14H22N2O4S. The minimum atomic E-state index is -0.605. The van der Waals surface area contributed by atoms with Gasteiger partial charge in [-0.15, -0.1) is 11.3 Å². The minimum Gasteiger partial charge on any atom is -0.455 e. The van der Waals surface area contributed by atoms with Gasteiger partial charge in [-0.25, -0.2) is 14.6 Å². The largest absolute Gasteiger partial charge is 0.455 e. The lowest BCUT2D eigenvalue weighted by molar-refractivity contribution is 0.00626. The molecule has 0 aliphatic heterocycles. The first-order valence-corrected chi connectivity index (χ1v) is 7.40. The molecule has 0 saturated carbocycles. The van der Waals surface area contributed by atoms with E-state index in [1.54, 1.807) is 48.5 Å². The number of nitrogens with one attached hydrogen (secondary N) is 1. The molecule has 1 amide bonds. The van der Waals surface area contributed by atoms with Crippen molar-refractivity contribution >= 4 is 28.5 Å². The second-order valence-electron chi connectivity index (χ2n) is 6.55. The smallest absolute Gasteiger partial charge is 0.413 e. The lowest BCUT2D eigenvalue weighted by Crippen LogP contribution is -2.27. The number of esters is 1. The number of amides is 1. The van der Waals surface area contributed by atoms with Crippen LogP contribution in [0.25, 0.3) is 0 Å². The molecule has 0 unspecified atom stereocenters. The lowest BCUT2D eigenvalue weighted by atomic mass is 10.2. The zero-order chi connectivity index (χ0) is 16.4. The zero-order valence-electron chi connectivity index (χ0n) is 13.5. The van der Waals surface area contributed by atoms with Crippen molar-refractivity contribution in [2.75, 3.05) is 5.32 Å². The molecule has 0 fully saturated rings. The third kappa shape index (κ3) is 6.12. The summed E-state index contributed by atoms with van der Waals surface area (Å²) in [5.74, 6) is -0.506. The normalized spacial score (nSPS) is 12.0. The summed E-state index contributed by atoms with van der Waals surface area (Å²) in [5.41, 5.74) is -0.975. The Hall–Kier alpha value is -1.63. The molecule has 7 heteroatoms. The van der Waals surface area contributed by atoms with Crippen LogP contribution in [-0.4, -0.2) is 28.2 Å². The van der Waals surface area contributed by atoms with Crippen LogP contribution >= 0.6 is 11.3 Å². The fourth-order valence-corrected chi connectivity index (χ4v) is 2.14. The molecule has 0 aliphatic rings. The van der Waals surface area contributed by atoms with E-state index in [4.69, 9.17) is 9.47 Å². The summed E-state index contributed by atoms with van der Waals surface area (Å²) < 4.78 is 10.4. The third-order valence-electron chi connectivity index (χ3n) is 2.00. The van der Waals surface area contributed by atoms with Gasteiger partial charge in [0.05, 0.1) is 0 Å². The summed E-state index contributed by atoms with van der Waals surface area (Å²) in [6, 6.07) is 0. The van der Waals surface area contributed by atoms with Gasteiger partial charge >= 0.3 is 12.1 Å². The molecule has 118 valence electrons. The lowest BCUT2D eigenvalue weighted by Gasteiger charge is -2.19. The molecule has 0 saturated heterocycles. The standard InChI is InChI=1S/C14H22N2O4S/c1-8-9(10(17)19-13(2,3)4)15-11(21-8)16-12(18)20-14(5,6)7/h1-7H3,(H,15,16,18). The number of hydrogen-bond donors (Lipinski definition) is 1. The molecule has 0 spiro atoms. The Balaban J connectivity index is 2.79. The van der Waals surface area contributed by atoms with Gasteiger partial charge in [-0.1, -0.05) is 0 Å². The number of ether oxygens (including phenoxy) is 2. The minimum absolute atomic E-state index is 0.209. The molecule has 1 N–H and O–H groups in total. The van der Waals surface area contributed by atoms with Crippen molar-refractivity contribution in [3.63, 3.8) is 0 Å². The highest BCUT2D eigenvalue weighted by Gasteiger charge is 2.24. The number of hydrogen-bond acceptors (Lipinski definition) is 6. The predicted octanol–water partition coefficient (Wildman–Crippen LogP) is 3.75. The summed E-state index contributed by atoms with van der Waals surface area (Å²) in [5, 5.41) is 2.82. The van der Waals surface area contributed by atoms with E-state index < -0.39 is 23.3 Å². The molecular weight excluding hydrogens is 292 g/mol. The van der Waals surface area contributed by atoms with Gasteiger partial charge in [0.1, 0.15) is 11.2 Å². The van der Waals surface area contributed by atoms with Crippen molar-refractivity contribution in [2.24, 2.45) is 0 Å². The summed E-state index contributed by atoms with van der Waals surface area (Å²) in [4.78, 5) is 28.4. The van der Waals surface area contributed by atoms with E-state index in [0.29, 0.717) is 10.0 Å². The number of aromatic nitrogens is 1. The molecule has 1 aromatic heterocycles. The van der Waals surface area contributed by atoms with Crippen molar-refractivity contribution in [3.8, 4) is 0 Å². The molecule has 1 aromatic rings. The maximum atomic E-state index is 12.0. The third-order valence-corrected chi connectivity index (χ3v) is 2.88. The van der Waals surface area contributed by atoms with Gasteiger partial charge in [0.15, 0.2) is 10.8 Å². The highest BCUT2D eigenvalue weighted by atomic mass is 32.1. The average molecular weight is 314 g/mol. The Kier molecular flexibility index (Phi) is 4.99. The van der Waals surface area contributed by atoms with Crippen LogP contribution in [0.1, 0.15) is 56.9 Å². The number of carbonyl (C=O) groups excluding carboxylic acids is 2. The van der Waals surface area contributed by atoms with E-state index in [2.05, 4.69) is 10.3 Å². The number of carbonyl (C=O) groups is 2. The highest BCUT2D eigenvalue weighted by Crippen LogP contribution is 2.24. The Morgan fingerprint density at radius 3 is 2.05 bits per heavy atom. The summed E-state index contributed by atoms with van der Waals surface area (Å²) in [6.07, 6.45) is -0.605. The van der Waals surface area contributed by atoms with E-state index >= 15 is 0 Å². The van der Waals surface area contributed by atoms with E-state index in [1.807, 2.05) is 0 Å². The van der Waals surface area contributed by atoms with Gasteiger partial charge in [0, 0.05) is 4.88 Å². The predicted molar refractivity (Wildman–Crippen MR) is 81.9 cm³/mol. The van der Waals surface area contributed by atoms with Crippen LogP contribution in [0, 0.1) is 6.92 Å². The van der Waals surface area contributed by atoms with E-state index in [0.717, 1.165) is 0 Å². The number of nitrogens with zero attached hydrogens (tertiary/aromatic N) is 1. The van der Waals surface area contributed by atoms with Gasteiger partial charge in [-0.3, -0.25) is 5.32 Å². The van der Waals surface area contributed by atoms with Crippen LogP contribution in [0.5, 0.6) is 0 Å². The van der Waals surface area contributed by atoms with Crippen LogP contribution in [0.2, 0.25) is 0 Å². The SMILES string of the molecule is Cc1sc(NC(=O)OC(C)(C)C)nc1C(=O)OC(C)(C)C. The van der Waals surface area contributed by atoms with Gasteiger partial charge in [0.2, 0.25) is 0 Å². The Morgan fingerprint density at radius 2 is 1.57 bits per heavy atom. The quantitative estimate of drug-likeness (QED) is 0.841. The summed E-state index contributed by atoms with van der Waals surface area (Å²) in [7, 11) is 0. The van der Waals surface area contributed by atoms with Crippen molar-refractivity contribution < 1.29 is 19.1 Å². The Labute approximate surface area is 128 Å². The number of rotatable bonds is 2. The van der Waals surface area contributed by atoms with Gasteiger partial charge in [0.25, 0.3) is 0 Å². The first kappa shape index (κ1) is 17.4. The van der Waals surface area contributed by atoms with Crippen LogP contribution < -0.4 is 5.32 Å². The number of anilines is 1. The van der Waals surface area contributed by atoms with E-state index in [-0.39, 0.29) is 5.69 Å². The molecule has 0 radical (unpaired) electrons. The Morgan fingerprint density at radius 1 is 1.05 bits per heavy atom. The fourth-order valence-electron chi connectivity index (χ4n) is 1.36. The van der Waals surface area contributed by atoms with Crippen molar-refractivity contribution in [1.29, 1.82) is 0 Å². The molecule has 21 heavy (non-hydrogen) atoms. The van der Waals surface area contributed by atoms with Crippen LogP contribution in [0.15, 0.2) is 0 Å². The first-order chi connectivity index (χ1) is 9.37. The van der Waals surface area contributed by atoms with E-state index in [9.17, 15) is 9.59 Å². The average Bonchev–Trinajstić information content (AvgIpc) is 2.53. The van der Waals surface area contributed by atoms with Crippen LogP contribution in [-0.2, 0) is 9.47 Å². The summed E-state index contributed by atoms with van der Waals surface area (Å²) >= 11 is 1.20. The second kappa shape index (κ2) is 6.01. The number of aryl methyl sites for hydroxylation is 1. The van der Waals surface area contributed by atoms with Gasteiger partial charge in [-0.05, 0) is 48.5 Å². The maximum Gasteiger partial charge on any atom is 0.413 e. The fraction of sp³-hybridized carbons (Fsp3) is 0.643. The van der Waals surface area contributed by atoms with Gasteiger partial charge in [-0.2, -0.15) is 0 Å². The summed E-state index contributed by atoms with van der Waals surface area (Å²) in [6.45, 7) is 12.4. The maximum absolute atomic E-state index is 12.0. The second-order valence-corrected chi connectivity index (χ2v) is 7.76. The van der Waals surface area contributed by atoms with Crippen molar-refractivity contribution in [1.82, 2.24) is 4.98 Å². The zero-order valence-corrected chi connectivity index (χ0v) is 14.3. The van der Waals surface area contributed by atoms with Crippen LogP contribution in [0.4, 0.5) is 9.93 Å². The molecule has 1 heterocycles. The Bertz CT molecular complexity index is 538. The van der Waals surface area contributed by atoms with E-state index in [1.165, 1.54) is 11.3 Å².